The average Bonchev–Trinajstić information content (AvgIpc) is 3.04. The second kappa shape index (κ2) is 8.61. The normalized spacial score (nSPS) is 13.3. The molecule has 2 aromatic rings. The van der Waals surface area contributed by atoms with Crippen LogP contribution < -0.4 is 10.6 Å². The summed E-state index contributed by atoms with van der Waals surface area (Å²) in [5, 5.41) is 12.8. The molecule has 0 saturated carbocycles. The Hall–Kier alpha value is -2.59. The van der Waals surface area contributed by atoms with Gasteiger partial charge in [-0.25, -0.2) is 0 Å². The van der Waals surface area contributed by atoms with E-state index >= 15 is 0 Å². The topological polar surface area (TPSA) is 90.1 Å². The molecule has 3 rings (SSSR count). The number of benzene rings is 1. The standard InChI is InChI=1S/C17H18F3N5O2.ClH/c1-25(16(27)17(18,19)20)9-10-3-2-4-11(7-10)22-15(26)14-12-8-21-6-5-13(12)23-24-14;/h2-4,7,21H,5-6,8-9H2,1H3,(H,22,26)(H,23,24);1H. The van der Waals surface area contributed by atoms with Crippen LogP contribution in [0.25, 0.3) is 0 Å². The zero-order chi connectivity index (χ0) is 19.6. The van der Waals surface area contributed by atoms with Crippen molar-refractivity contribution in [2.24, 2.45) is 0 Å². The molecule has 0 radical (unpaired) electrons. The summed E-state index contributed by atoms with van der Waals surface area (Å²) < 4.78 is 37.5. The SMILES string of the molecule is CN(Cc1cccc(NC(=O)c2n[nH]c3c2CNCC3)c1)C(=O)C(F)(F)F.Cl. The highest BCUT2D eigenvalue weighted by Crippen LogP contribution is 2.21. The van der Waals surface area contributed by atoms with E-state index in [1.54, 1.807) is 18.2 Å². The molecule has 7 nitrogen and oxygen atoms in total. The van der Waals surface area contributed by atoms with Crippen LogP contribution in [0.15, 0.2) is 24.3 Å². The van der Waals surface area contributed by atoms with Crippen LogP contribution >= 0.6 is 12.4 Å². The predicted molar refractivity (Wildman–Crippen MR) is 98.2 cm³/mol. The number of anilines is 1. The van der Waals surface area contributed by atoms with Gasteiger partial charge in [0.15, 0.2) is 5.69 Å². The van der Waals surface area contributed by atoms with E-state index in [0.717, 1.165) is 31.3 Å². The number of hydrogen-bond donors (Lipinski definition) is 3. The van der Waals surface area contributed by atoms with E-state index in [1.165, 1.54) is 6.07 Å². The van der Waals surface area contributed by atoms with Gasteiger partial charge in [-0.05, 0) is 17.7 Å². The maximum Gasteiger partial charge on any atom is 0.471 e. The van der Waals surface area contributed by atoms with Gasteiger partial charge in [0, 0.05) is 50.0 Å². The first kappa shape index (κ1) is 21.7. The van der Waals surface area contributed by atoms with E-state index in [1.807, 2.05) is 0 Å². The van der Waals surface area contributed by atoms with Crippen LogP contribution in [-0.4, -0.2) is 46.7 Å². The summed E-state index contributed by atoms with van der Waals surface area (Å²) >= 11 is 0. The maximum atomic E-state index is 12.5. The lowest BCUT2D eigenvalue weighted by molar-refractivity contribution is -0.184. The van der Waals surface area contributed by atoms with E-state index in [0.29, 0.717) is 22.7 Å². The highest BCUT2D eigenvalue weighted by atomic mass is 35.5. The Morgan fingerprint density at radius 1 is 1.32 bits per heavy atom. The third kappa shape index (κ3) is 4.82. The summed E-state index contributed by atoms with van der Waals surface area (Å²) in [7, 11) is 1.07. The van der Waals surface area contributed by atoms with Gasteiger partial charge in [-0.15, -0.1) is 12.4 Å². The van der Waals surface area contributed by atoms with Crippen molar-refractivity contribution in [3.8, 4) is 0 Å². The molecule has 0 unspecified atom stereocenters. The Labute approximate surface area is 165 Å². The second-order valence-corrected chi connectivity index (χ2v) is 6.27. The molecule has 1 aromatic heterocycles. The fraction of sp³-hybridized carbons (Fsp3) is 0.353. The first-order valence-corrected chi connectivity index (χ1v) is 8.25. The monoisotopic (exact) mass is 417 g/mol. The summed E-state index contributed by atoms with van der Waals surface area (Å²) in [5.74, 6) is -2.33. The van der Waals surface area contributed by atoms with Gasteiger partial charge in [0.25, 0.3) is 5.91 Å². The van der Waals surface area contributed by atoms with Crippen molar-refractivity contribution in [2.45, 2.75) is 25.7 Å². The Bertz CT molecular complexity index is 869. The first-order valence-electron chi connectivity index (χ1n) is 8.25. The van der Waals surface area contributed by atoms with Crippen molar-refractivity contribution < 1.29 is 22.8 Å². The predicted octanol–water partition coefficient (Wildman–Crippen LogP) is 2.25. The fourth-order valence-corrected chi connectivity index (χ4v) is 2.91. The third-order valence-corrected chi connectivity index (χ3v) is 4.22. The molecule has 1 aliphatic heterocycles. The van der Waals surface area contributed by atoms with Crippen LogP contribution in [0.3, 0.4) is 0 Å². The molecule has 0 atom stereocenters. The van der Waals surface area contributed by atoms with Crippen LogP contribution in [-0.2, 0) is 24.3 Å². The fourth-order valence-electron chi connectivity index (χ4n) is 2.91. The number of rotatable bonds is 4. The second-order valence-electron chi connectivity index (χ2n) is 6.27. The number of carbonyl (C=O) groups is 2. The van der Waals surface area contributed by atoms with Crippen molar-refractivity contribution >= 4 is 29.9 Å². The molecule has 2 amide bonds. The Kier molecular flexibility index (Phi) is 6.68. The van der Waals surface area contributed by atoms with E-state index < -0.39 is 18.0 Å². The van der Waals surface area contributed by atoms with Gasteiger partial charge < -0.3 is 15.5 Å². The number of halogens is 4. The number of aromatic amines is 1. The van der Waals surface area contributed by atoms with Gasteiger partial charge in [0.1, 0.15) is 0 Å². The smallest absolute Gasteiger partial charge is 0.334 e. The average molecular weight is 418 g/mol. The molecule has 0 fully saturated rings. The Morgan fingerprint density at radius 3 is 2.79 bits per heavy atom. The molecule has 0 saturated heterocycles. The molecule has 1 aromatic carbocycles. The minimum absolute atomic E-state index is 0. The number of nitrogens with zero attached hydrogens (tertiary/aromatic N) is 2. The van der Waals surface area contributed by atoms with Crippen molar-refractivity contribution in [2.75, 3.05) is 18.9 Å². The maximum absolute atomic E-state index is 12.5. The number of H-pyrrole nitrogens is 1. The number of alkyl halides is 3. The molecule has 28 heavy (non-hydrogen) atoms. The van der Waals surface area contributed by atoms with Crippen LogP contribution in [0.1, 0.15) is 27.3 Å². The number of amides is 2. The summed E-state index contributed by atoms with van der Waals surface area (Å²) in [6.07, 6.45) is -4.17. The molecular weight excluding hydrogens is 399 g/mol. The van der Waals surface area contributed by atoms with Crippen molar-refractivity contribution in [3.63, 3.8) is 0 Å². The van der Waals surface area contributed by atoms with Crippen LogP contribution in [0.5, 0.6) is 0 Å². The quantitative estimate of drug-likeness (QED) is 0.711. The number of aromatic nitrogens is 2. The third-order valence-electron chi connectivity index (χ3n) is 4.22. The lowest BCUT2D eigenvalue weighted by Crippen LogP contribution is -2.37. The molecule has 0 aliphatic carbocycles. The van der Waals surface area contributed by atoms with Crippen LogP contribution in [0.4, 0.5) is 18.9 Å². The highest BCUT2D eigenvalue weighted by molar-refractivity contribution is 6.04. The summed E-state index contributed by atoms with van der Waals surface area (Å²) in [6, 6.07) is 6.31. The van der Waals surface area contributed by atoms with Crippen LogP contribution in [0, 0.1) is 0 Å². The Morgan fingerprint density at radius 2 is 2.07 bits per heavy atom. The number of nitrogens with one attached hydrogen (secondary N) is 3. The van der Waals surface area contributed by atoms with E-state index in [-0.39, 0.29) is 24.6 Å². The summed E-state index contributed by atoms with van der Waals surface area (Å²) in [5.41, 5.74) is 2.88. The van der Waals surface area contributed by atoms with Gasteiger partial charge in [-0.2, -0.15) is 18.3 Å². The van der Waals surface area contributed by atoms with E-state index in [4.69, 9.17) is 0 Å². The van der Waals surface area contributed by atoms with Gasteiger partial charge in [-0.3, -0.25) is 14.7 Å². The minimum Gasteiger partial charge on any atom is -0.334 e. The zero-order valence-electron chi connectivity index (χ0n) is 14.9. The molecule has 0 spiro atoms. The molecule has 3 N–H and O–H groups in total. The minimum atomic E-state index is -4.92. The number of hydrogen-bond acceptors (Lipinski definition) is 4. The van der Waals surface area contributed by atoms with Gasteiger partial charge in [0.2, 0.25) is 0 Å². The molecule has 1 aliphatic rings. The molecule has 152 valence electrons. The van der Waals surface area contributed by atoms with Crippen molar-refractivity contribution in [3.05, 3.63) is 46.8 Å². The van der Waals surface area contributed by atoms with Crippen LogP contribution in [0.2, 0.25) is 0 Å². The largest absolute Gasteiger partial charge is 0.471 e. The zero-order valence-corrected chi connectivity index (χ0v) is 15.7. The van der Waals surface area contributed by atoms with Crippen molar-refractivity contribution in [1.29, 1.82) is 0 Å². The highest BCUT2D eigenvalue weighted by Gasteiger charge is 2.41. The van der Waals surface area contributed by atoms with Crippen molar-refractivity contribution in [1.82, 2.24) is 20.4 Å². The molecule has 11 heteroatoms. The molecular formula is C17H19ClF3N5O2. The molecule has 2 heterocycles. The van der Waals surface area contributed by atoms with Gasteiger partial charge in [0.05, 0.1) is 0 Å². The molecule has 0 bridgehead atoms. The number of carbonyl (C=O) groups excluding carboxylic acids is 2. The van der Waals surface area contributed by atoms with E-state index in [9.17, 15) is 22.8 Å². The Balaban J connectivity index is 0.00000280. The lowest BCUT2D eigenvalue weighted by Gasteiger charge is -2.19. The van der Waals surface area contributed by atoms with Gasteiger partial charge in [-0.1, -0.05) is 12.1 Å². The summed E-state index contributed by atoms with van der Waals surface area (Å²) in [6.45, 7) is 1.12. The first-order chi connectivity index (χ1) is 12.8. The van der Waals surface area contributed by atoms with E-state index in [2.05, 4.69) is 20.8 Å². The summed E-state index contributed by atoms with van der Waals surface area (Å²) in [4.78, 5) is 24.3. The van der Waals surface area contributed by atoms with Gasteiger partial charge >= 0.3 is 12.1 Å². The number of fused-ring (bicyclic) bond motifs is 1. The lowest BCUT2D eigenvalue weighted by atomic mass is 10.1.